The van der Waals surface area contributed by atoms with Crippen molar-refractivity contribution >= 4 is 11.8 Å². The second kappa shape index (κ2) is 5.41. The highest BCUT2D eigenvalue weighted by molar-refractivity contribution is 5.68. The minimum absolute atomic E-state index is 0.208. The van der Waals surface area contributed by atoms with Crippen molar-refractivity contribution in [2.45, 2.75) is 26.7 Å². The third-order valence-electron chi connectivity index (χ3n) is 1.76. The van der Waals surface area contributed by atoms with E-state index in [0.717, 1.165) is 5.69 Å². The van der Waals surface area contributed by atoms with Crippen molar-refractivity contribution in [2.75, 3.05) is 12.1 Å². The number of hydrogen-bond acceptors (Lipinski definition) is 5. The number of carboxylic acids is 1. The van der Waals surface area contributed by atoms with Gasteiger partial charge in [0.15, 0.2) is 12.4 Å². The lowest BCUT2D eigenvalue weighted by atomic mass is 10.2. The average molecular weight is 225 g/mol. The van der Waals surface area contributed by atoms with E-state index in [1.807, 2.05) is 20.8 Å². The number of nitrogens with zero attached hydrogens (tertiary/aromatic N) is 2. The van der Waals surface area contributed by atoms with Crippen molar-refractivity contribution in [1.82, 2.24) is 9.97 Å². The summed E-state index contributed by atoms with van der Waals surface area (Å²) in [6.45, 7) is 5.39. The van der Waals surface area contributed by atoms with Gasteiger partial charge in [-0.25, -0.2) is 20.2 Å². The highest BCUT2D eigenvalue weighted by Gasteiger charge is 2.06. The van der Waals surface area contributed by atoms with Gasteiger partial charge >= 0.3 is 5.97 Å². The molecular formula is C10H15N3O3. The first-order chi connectivity index (χ1) is 7.49. The highest BCUT2D eigenvalue weighted by Crippen LogP contribution is 2.13. The molecule has 0 amide bonds. The van der Waals surface area contributed by atoms with Crippen LogP contribution in [0.5, 0.6) is 0 Å². The molecule has 0 bridgehead atoms. The molecule has 6 nitrogen and oxygen atoms in total. The summed E-state index contributed by atoms with van der Waals surface area (Å²) in [7, 11) is 0. The van der Waals surface area contributed by atoms with Gasteiger partial charge < -0.3 is 5.11 Å². The van der Waals surface area contributed by atoms with Gasteiger partial charge in [0.25, 0.3) is 0 Å². The first kappa shape index (κ1) is 12.4. The molecule has 0 spiro atoms. The summed E-state index contributed by atoms with van der Waals surface area (Å²) in [5.74, 6) is 0.334. The lowest BCUT2D eigenvalue weighted by Crippen LogP contribution is -2.13. The molecule has 16 heavy (non-hydrogen) atoms. The topological polar surface area (TPSA) is 84.3 Å². The molecule has 88 valence electrons. The highest BCUT2D eigenvalue weighted by atomic mass is 16.7. The first-order valence-electron chi connectivity index (χ1n) is 4.94. The maximum absolute atomic E-state index is 10.2. The average Bonchev–Trinajstić information content (AvgIpc) is 2.16. The number of aromatic nitrogens is 2. The fourth-order valence-corrected chi connectivity index (χ4v) is 1.07. The van der Waals surface area contributed by atoms with Crippen molar-refractivity contribution in [3.63, 3.8) is 0 Å². The van der Waals surface area contributed by atoms with Gasteiger partial charge in [-0.3, -0.25) is 4.84 Å². The second-order valence-corrected chi connectivity index (χ2v) is 3.69. The molecule has 1 heterocycles. The predicted octanol–water partition coefficient (Wildman–Crippen LogP) is 1.34. The van der Waals surface area contributed by atoms with Crippen LogP contribution in [0.2, 0.25) is 0 Å². The van der Waals surface area contributed by atoms with Crippen LogP contribution in [-0.4, -0.2) is 27.7 Å². The number of aliphatic carboxylic acids is 1. The Morgan fingerprint density at radius 2 is 2.25 bits per heavy atom. The zero-order chi connectivity index (χ0) is 12.1. The number of anilines is 1. The molecule has 0 aromatic carbocycles. The Kier molecular flexibility index (Phi) is 4.19. The number of rotatable bonds is 5. The van der Waals surface area contributed by atoms with Gasteiger partial charge in [0, 0.05) is 17.7 Å². The molecule has 0 aliphatic carbocycles. The summed E-state index contributed by atoms with van der Waals surface area (Å²) in [5, 5.41) is 8.39. The van der Waals surface area contributed by atoms with E-state index in [1.165, 1.54) is 0 Å². The van der Waals surface area contributed by atoms with E-state index >= 15 is 0 Å². The molecule has 0 fully saturated rings. The summed E-state index contributed by atoms with van der Waals surface area (Å²) < 4.78 is 0. The minimum Gasteiger partial charge on any atom is -0.479 e. The van der Waals surface area contributed by atoms with E-state index in [-0.39, 0.29) is 5.92 Å². The summed E-state index contributed by atoms with van der Waals surface area (Å²) in [5.41, 5.74) is 3.29. The molecule has 0 saturated heterocycles. The van der Waals surface area contributed by atoms with Crippen molar-refractivity contribution in [3.05, 3.63) is 17.6 Å². The molecule has 1 rings (SSSR count). The molecular weight excluding hydrogens is 210 g/mol. The Morgan fingerprint density at radius 1 is 1.56 bits per heavy atom. The van der Waals surface area contributed by atoms with Crippen LogP contribution in [0.25, 0.3) is 0 Å². The first-order valence-corrected chi connectivity index (χ1v) is 4.94. The molecule has 6 heteroatoms. The number of carboxylic acid groups (broad SMARTS) is 1. The summed E-state index contributed by atoms with van der Waals surface area (Å²) >= 11 is 0. The second-order valence-electron chi connectivity index (χ2n) is 3.69. The monoisotopic (exact) mass is 225 g/mol. The largest absolute Gasteiger partial charge is 0.479 e. The molecule has 1 aromatic heterocycles. The van der Waals surface area contributed by atoms with E-state index in [0.29, 0.717) is 11.6 Å². The van der Waals surface area contributed by atoms with Gasteiger partial charge in [-0.05, 0) is 6.92 Å². The van der Waals surface area contributed by atoms with Crippen LogP contribution < -0.4 is 5.48 Å². The summed E-state index contributed by atoms with van der Waals surface area (Å²) in [4.78, 5) is 23.4. The molecule has 0 unspecified atom stereocenters. The van der Waals surface area contributed by atoms with Gasteiger partial charge in [0.2, 0.25) is 0 Å². The molecule has 2 N–H and O–H groups in total. The standard InChI is InChI=1S/C10H15N3O3/c1-6(2)10-11-7(3)4-8(12-10)13-16-5-9(14)15/h4,6H,5H2,1-3H3,(H,14,15)(H,11,12,13). The lowest BCUT2D eigenvalue weighted by molar-refractivity contribution is -0.141. The third-order valence-corrected chi connectivity index (χ3v) is 1.76. The smallest absolute Gasteiger partial charge is 0.332 e. The maximum atomic E-state index is 10.2. The SMILES string of the molecule is Cc1cc(NOCC(=O)O)nc(C(C)C)n1. The number of aryl methyl sites for hydroxylation is 1. The van der Waals surface area contributed by atoms with Gasteiger partial charge in [0.1, 0.15) is 5.82 Å². The predicted molar refractivity (Wildman–Crippen MR) is 58.1 cm³/mol. The zero-order valence-corrected chi connectivity index (χ0v) is 9.52. The number of nitrogens with one attached hydrogen (secondary N) is 1. The minimum atomic E-state index is -1.04. The molecule has 0 atom stereocenters. The van der Waals surface area contributed by atoms with Gasteiger partial charge in [-0.2, -0.15) is 0 Å². The third kappa shape index (κ3) is 3.82. The van der Waals surface area contributed by atoms with Crippen LogP contribution in [-0.2, 0) is 9.63 Å². The van der Waals surface area contributed by atoms with E-state index in [2.05, 4.69) is 15.4 Å². The number of carbonyl (C=O) groups is 1. The van der Waals surface area contributed by atoms with E-state index in [9.17, 15) is 4.79 Å². The fraction of sp³-hybridized carbons (Fsp3) is 0.500. The van der Waals surface area contributed by atoms with Crippen molar-refractivity contribution in [3.8, 4) is 0 Å². The van der Waals surface area contributed by atoms with Crippen LogP contribution in [0, 0.1) is 6.92 Å². The van der Waals surface area contributed by atoms with Gasteiger partial charge in [-0.15, -0.1) is 0 Å². The van der Waals surface area contributed by atoms with Gasteiger partial charge in [-0.1, -0.05) is 13.8 Å². The van der Waals surface area contributed by atoms with E-state index in [4.69, 9.17) is 9.94 Å². The lowest BCUT2D eigenvalue weighted by Gasteiger charge is -2.09. The van der Waals surface area contributed by atoms with Crippen LogP contribution in [0.3, 0.4) is 0 Å². The Bertz CT molecular complexity index is 380. The molecule has 0 aliphatic rings. The normalized spacial score (nSPS) is 10.5. The van der Waals surface area contributed by atoms with Crippen LogP contribution in [0.4, 0.5) is 5.82 Å². The fourth-order valence-electron chi connectivity index (χ4n) is 1.07. The molecule has 1 aromatic rings. The van der Waals surface area contributed by atoms with E-state index < -0.39 is 12.6 Å². The maximum Gasteiger partial charge on any atom is 0.332 e. The van der Waals surface area contributed by atoms with Crippen molar-refractivity contribution in [1.29, 1.82) is 0 Å². The summed E-state index contributed by atoms with van der Waals surface area (Å²) in [6.07, 6.45) is 0. The quantitative estimate of drug-likeness (QED) is 0.735. The Morgan fingerprint density at radius 3 is 2.81 bits per heavy atom. The van der Waals surface area contributed by atoms with Crippen LogP contribution in [0.1, 0.15) is 31.3 Å². The Labute approximate surface area is 93.6 Å². The van der Waals surface area contributed by atoms with E-state index in [1.54, 1.807) is 6.07 Å². The zero-order valence-electron chi connectivity index (χ0n) is 9.52. The molecule has 0 saturated carbocycles. The van der Waals surface area contributed by atoms with Gasteiger partial charge in [0.05, 0.1) is 0 Å². The number of hydrogen-bond donors (Lipinski definition) is 2. The van der Waals surface area contributed by atoms with Crippen LogP contribution in [0.15, 0.2) is 6.07 Å². The molecule has 0 aliphatic heterocycles. The summed E-state index contributed by atoms with van der Waals surface area (Å²) in [6, 6.07) is 1.69. The van der Waals surface area contributed by atoms with Crippen molar-refractivity contribution in [2.24, 2.45) is 0 Å². The molecule has 0 radical (unpaired) electrons. The Hall–Kier alpha value is -1.69. The van der Waals surface area contributed by atoms with Crippen molar-refractivity contribution < 1.29 is 14.7 Å². The Balaban J connectivity index is 2.69. The van der Waals surface area contributed by atoms with Crippen LogP contribution >= 0.6 is 0 Å².